The van der Waals surface area contributed by atoms with Crippen LogP contribution in [0.15, 0.2) is 103 Å². The van der Waals surface area contributed by atoms with Crippen LogP contribution < -0.4 is 10.1 Å². The summed E-state index contributed by atoms with van der Waals surface area (Å²) in [5.74, 6) is 0.0955. The van der Waals surface area contributed by atoms with E-state index in [0.717, 1.165) is 33.4 Å². The van der Waals surface area contributed by atoms with Crippen LogP contribution in [0.1, 0.15) is 42.0 Å². The number of alkyl carbamates (subject to hydrolysis) is 1. The van der Waals surface area contributed by atoms with E-state index in [4.69, 9.17) is 14.2 Å². The van der Waals surface area contributed by atoms with Crippen molar-refractivity contribution in [1.82, 2.24) is 5.32 Å². The second-order valence-electron chi connectivity index (χ2n) is 10.4. The number of amides is 1. The Labute approximate surface area is 234 Å². The Morgan fingerprint density at radius 2 is 1.38 bits per heavy atom. The molecular weight excluding hydrogens is 502 g/mol. The molecule has 204 valence electrons. The lowest BCUT2D eigenvalue weighted by Crippen LogP contribution is -2.43. The molecule has 5 rings (SSSR count). The first-order chi connectivity index (χ1) is 19.4. The predicted octanol–water partition coefficient (Wildman–Crippen LogP) is 6.62. The van der Waals surface area contributed by atoms with Crippen LogP contribution in [0.4, 0.5) is 4.79 Å². The molecule has 6 nitrogen and oxygen atoms in total. The number of rotatable bonds is 9. The highest BCUT2D eigenvalue weighted by Crippen LogP contribution is 2.44. The Bertz CT molecular complexity index is 1430. The van der Waals surface area contributed by atoms with E-state index in [1.54, 1.807) is 0 Å². The molecule has 0 spiro atoms. The van der Waals surface area contributed by atoms with Gasteiger partial charge in [-0.15, -0.1) is 0 Å². The van der Waals surface area contributed by atoms with Gasteiger partial charge in [0.05, 0.1) is 7.11 Å². The fourth-order valence-electron chi connectivity index (χ4n) is 5.24. The van der Waals surface area contributed by atoms with Crippen molar-refractivity contribution < 1.29 is 23.8 Å². The second-order valence-corrected chi connectivity index (χ2v) is 10.4. The van der Waals surface area contributed by atoms with Gasteiger partial charge in [-0.05, 0) is 59.4 Å². The highest BCUT2D eigenvalue weighted by atomic mass is 16.6. The van der Waals surface area contributed by atoms with E-state index in [1.807, 2.05) is 92.7 Å². The second kappa shape index (κ2) is 11.7. The zero-order valence-corrected chi connectivity index (χ0v) is 22.9. The summed E-state index contributed by atoms with van der Waals surface area (Å²) in [4.78, 5) is 25.4. The summed E-state index contributed by atoms with van der Waals surface area (Å²) in [6, 6.07) is 32.9. The van der Waals surface area contributed by atoms with Crippen LogP contribution in [0, 0.1) is 0 Å². The highest BCUT2D eigenvalue weighted by Gasteiger charge is 2.30. The molecule has 40 heavy (non-hydrogen) atoms. The fourth-order valence-corrected chi connectivity index (χ4v) is 5.24. The average molecular weight is 536 g/mol. The minimum Gasteiger partial charge on any atom is -0.483 e. The van der Waals surface area contributed by atoms with E-state index in [0.29, 0.717) is 5.75 Å². The topological polar surface area (TPSA) is 73.9 Å². The van der Waals surface area contributed by atoms with Gasteiger partial charge in [-0.3, -0.25) is 0 Å². The third kappa shape index (κ3) is 5.86. The van der Waals surface area contributed by atoms with Crippen LogP contribution in [0.5, 0.6) is 5.75 Å². The molecule has 4 aromatic rings. The zero-order chi connectivity index (χ0) is 28.1. The standard InChI is InChI=1S/C34H33NO5/c1-34(2,24-11-5-4-6-12-24)40-25-19-17-23(18-20-25)21-31(32(36)38-3)35-33(37)39-22-30-28-15-9-7-13-26(28)27-14-8-10-16-29(27)30/h4-20,30-31H,21-22H2,1-3H3,(H,35,37)/t31-/m1/s1. The first-order valence-electron chi connectivity index (χ1n) is 13.4. The largest absolute Gasteiger partial charge is 0.483 e. The van der Waals surface area contributed by atoms with E-state index in [-0.39, 0.29) is 18.9 Å². The maximum absolute atomic E-state index is 12.8. The van der Waals surface area contributed by atoms with Crippen molar-refractivity contribution in [3.8, 4) is 16.9 Å². The number of carbonyl (C=O) groups is 2. The van der Waals surface area contributed by atoms with Crippen molar-refractivity contribution in [2.24, 2.45) is 0 Å². The summed E-state index contributed by atoms with van der Waals surface area (Å²) >= 11 is 0. The highest BCUT2D eigenvalue weighted by molar-refractivity contribution is 5.82. The molecule has 4 aromatic carbocycles. The molecule has 0 saturated carbocycles. The summed E-state index contributed by atoms with van der Waals surface area (Å²) in [6.07, 6.45) is -0.416. The number of hydrogen-bond acceptors (Lipinski definition) is 5. The monoisotopic (exact) mass is 535 g/mol. The van der Waals surface area contributed by atoms with Crippen LogP contribution in [-0.2, 0) is 26.3 Å². The number of nitrogens with one attached hydrogen (secondary N) is 1. The summed E-state index contributed by atoms with van der Waals surface area (Å²) in [7, 11) is 1.30. The van der Waals surface area contributed by atoms with Crippen molar-refractivity contribution in [3.05, 3.63) is 125 Å². The first kappa shape index (κ1) is 27.0. The van der Waals surface area contributed by atoms with Gasteiger partial charge in [-0.1, -0.05) is 91.0 Å². The number of methoxy groups -OCH3 is 1. The van der Waals surface area contributed by atoms with Gasteiger partial charge in [0.25, 0.3) is 0 Å². The van der Waals surface area contributed by atoms with Gasteiger partial charge in [0.2, 0.25) is 0 Å². The molecule has 0 unspecified atom stereocenters. The molecule has 0 aromatic heterocycles. The average Bonchev–Trinajstić information content (AvgIpc) is 3.30. The number of hydrogen-bond donors (Lipinski definition) is 1. The van der Waals surface area contributed by atoms with E-state index < -0.39 is 23.7 Å². The summed E-state index contributed by atoms with van der Waals surface area (Å²) in [5, 5.41) is 2.70. The lowest BCUT2D eigenvalue weighted by molar-refractivity contribution is -0.143. The summed E-state index contributed by atoms with van der Waals surface area (Å²) in [6.45, 7) is 4.20. The molecule has 6 heteroatoms. The SMILES string of the molecule is COC(=O)[C@@H](Cc1ccc(OC(C)(C)c2ccccc2)cc1)NC(=O)OCC1c2ccccc2-c2ccccc21. The van der Waals surface area contributed by atoms with Gasteiger partial charge in [0, 0.05) is 12.3 Å². The molecule has 1 aliphatic carbocycles. The van der Waals surface area contributed by atoms with Gasteiger partial charge in [0.15, 0.2) is 0 Å². The molecule has 0 radical (unpaired) electrons. The molecule has 1 atom stereocenters. The fraction of sp³-hybridized carbons (Fsp3) is 0.235. The van der Waals surface area contributed by atoms with Crippen LogP contribution in [0.25, 0.3) is 11.1 Å². The molecule has 0 bridgehead atoms. The van der Waals surface area contributed by atoms with Gasteiger partial charge >= 0.3 is 12.1 Å². The Morgan fingerprint density at radius 3 is 1.98 bits per heavy atom. The quantitative estimate of drug-likeness (QED) is 0.244. The Hall–Kier alpha value is -4.58. The van der Waals surface area contributed by atoms with E-state index >= 15 is 0 Å². The van der Waals surface area contributed by atoms with E-state index in [2.05, 4.69) is 29.6 Å². The normalized spacial score (nSPS) is 13.1. The zero-order valence-electron chi connectivity index (χ0n) is 22.9. The van der Waals surface area contributed by atoms with Gasteiger partial charge in [0.1, 0.15) is 24.0 Å². The van der Waals surface area contributed by atoms with Crippen LogP contribution >= 0.6 is 0 Å². The lowest BCUT2D eigenvalue weighted by atomic mass is 9.98. The van der Waals surface area contributed by atoms with Gasteiger partial charge in [-0.2, -0.15) is 0 Å². The molecule has 0 heterocycles. The molecule has 0 aliphatic heterocycles. The first-order valence-corrected chi connectivity index (χ1v) is 13.4. The third-order valence-electron chi connectivity index (χ3n) is 7.33. The number of carbonyl (C=O) groups excluding carboxylic acids is 2. The molecule has 1 amide bonds. The number of ether oxygens (including phenoxy) is 3. The van der Waals surface area contributed by atoms with Crippen LogP contribution in [-0.4, -0.2) is 31.8 Å². The Balaban J connectivity index is 1.21. The Morgan fingerprint density at radius 1 is 0.800 bits per heavy atom. The van der Waals surface area contributed by atoms with Gasteiger partial charge in [-0.25, -0.2) is 9.59 Å². The third-order valence-corrected chi connectivity index (χ3v) is 7.33. The maximum atomic E-state index is 12.8. The van der Waals surface area contributed by atoms with E-state index in [9.17, 15) is 9.59 Å². The van der Waals surface area contributed by atoms with Crippen molar-refractivity contribution in [1.29, 1.82) is 0 Å². The minimum absolute atomic E-state index is 0.0672. The smallest absolute Gasteiger partial charge is 0.407 e. The Kier molecular flexibility index (Phi) is 7.87. The number of fused-ring (bicyclic) bond motifs is 3. The van der Waals surface area contributed by atoms with E-state index in [1.165, 1.54) is 7.11 Å². The molecular formula is C34H33NO5. The van der Waals surface area contributed by atoms with Crippen molar-refractivity contribution in [2.45, 2.75) is 37.8 Å². The molecule has 1 N–H and O–H groups in total. The maximum Gasteiger partial charge on any atom is 0.407 e. The molecule has 1 aliphatic rings. The molecule has 0 saturated heterocycles. The number of esters is 1. The van der Waals surface area contributed by atoms with Crippen molar-refractivity contribution >= 4 is 12.1 Å². The van der Waals surface area contributed by atoms with Crippen molar-refractivity contribution in [3.63, 3.8) is 0 Å². The van der Waals surface area contributed by atoms with Crippen LogP contribution in [0.3, 0.4) is 0 Å². The molecule has 0 fully saturated rings. The predicted molar refractivity (Wildman–Crippen MR) is 154 cm³/mol. The van der Waals surface area contributed by atoms with Crippen molar-refractivity contribution in [2.75, 3.05) is 13.7 Å². The lowest BCUT2D eigenvalue weighted by Gasteiger charge is -2.27. The van der Waals surface area contributed by atoms with Crippen LogP contribution in [0.2, 0.25) is 0 Å². The summed E-state index contributed by atoms with van der Waals surface area (Å²) < 4.78 is 16.8. The van der Waals surface area contributed by atoms with Gasteiger partial charge < -0.3 is 19.5 Å². The minimum atomic E-state index is -0.895. The summed E-state index contributed by atoms with van der Waals surface area (Å²) in [5.41, 5.74) is 5.95. The number of benzene rings is 4.